The highest BCUT2D eigenvalue weighted by Crippen LogP contribution is 2.11. The number of hydrogen-bond donors (Lipinski definition) is 0. The predicted octanol–water partition coefficient (Wildman–Crippen LogP) is 0.973. The zero-order chi connectivity index (χ0) is 8.10. The van der Waals surface area contributed by atoms with Gasteiger partial charge in [0, 0.05) is 12.2 Å². The smallest absolute Gasteiger partial charge is 0.306 e. The van der Waals surface area contributed by atoms with E-state index in [1.54, 1.807) is 0 Å². The molecule has 4 heteroatoms. The van der Waals surface area contributed by atoms with Crippen LogP contribution in [0.15, 0.2) is 0 Å². The summed E-state index contributed by atoms with van der Waals surface area (Å²) in [5.74, 6) is 0.379. The van der Waals surface area contributed by atoms with Crippen LogP contribution in [0.1, 0.15) is 19.3 Å². The third-order valence-electron chi connectivity index (χ3n) is 1.36. The number of thioether (sulfide) groups is 1. The minimum atomic E-state index is -0.188. The fraction of sp³-hybridized carbons (Fsp3) is 0.714. The van der Waals surface area contributed by atoms with Gasteiger partial charge in [-0.1, -0.05) is 11.8 Å². The van der Waals surface area contributed by atoms with Gasteiger partial charge in [0.25, 0.3) is 0 Å². The molecule has 0 spiro atoms. The van der Waals surface area contributed by atoms with Crippen molar-refractivity contribution >= 4 is 22.8 Å². The Morgan fingerprint density at radius 1 is 1.27 bits per heavy atom. The Kier molecular flexibility index (Phi) is 3.42. The minimum absolute atomic E-state index is 0.170. The molecule has 0 unspecified atom stereocenters. The monoisotopic (exact) mass is 174 g/mol. The molecule has 0 bridgehead atoms. The van der Waals surface area contributed by atoms with Crippen LogP contribution in [0.25, 0.3) is 0 Å². The van der Waals surface area contributed by atoms with Crippen LogP contribution in [0.5, 0.6) is 0 Å². The van der Waals surface area contributed by atoms with Gasteiger partial charge in [0.2, 0.25) is 0 Å². The summed E-state index contributed by atoms with van der Waals surface area (Å²) >= 11 is 1.23. The Labute approximate surface area is 69.5 Å². The van der Waals surface area contributed by atoms with E-state index in [0.717, 1.165) is 0 Å². The first-order valence-electron chi connectivity index (χ1n) is 3.60. The quantitative estimate of drug-likeness (QED) is 0.513. The minimum Gasteiger partial charge on any atom is -0.466 e. The fourth-order valence-corrected chi connectivity index (χ4v) is 1.58. The zero-order valence-electron chi connectivity index (χ0n) is 6.17. The molecule has 0 aliphatic carbocycles. The third kappa shape index (κ3) is 3.41. The summed E-state index contributed by atoms with van der Waals surface area (Å²) in [5.41, 5.74) is 0. The standard InChI is InChI=1S/C7H10O3S/c8-6-3-5-11-7(9)2-1-4-10-6/h1-5H2. The van der Waals surface area contributed by atoms with Gasteiger partial charge in [-0.3, -0.25) is 9.59 Å². The van der Waals surface area contributed by atoms with E-state index < -0.39 is 0 Å². The highest BCUT2D eigenvalue weighted by Gasteiger charge is 2.10. The van der Waals surface area contributed by atoms with Crippen LogP contribution in [0.3, 0.4) is 0 Å². The summed E-state index contributed by atoms with van der Waals surface area (Å²) in [6.45, 7) is 0.394. The van der Waals surface area contributed by atoms with Crippen molar-refractivity contribution in [2.24, 2.45) is 0 Å². The predicted molar refractivity (Wildman–Crippen MR) is 42.3 cm³/mol. The Balaban J connectivity index is 2.35. The molecule has 0 atom stereocenters. The lowest BCUT2D eigenvalue weighted by Gasteiger charge is -1.98. The average Bonchev–Trinajstić information content (AvgIpc) is 2.04. The number of esters is 1. The molecule has 0 N–H and O–H groups in total. The summed E-state index contributed by atoms with van der Waals surface area (Å²) in [6.07, 6.45) is 1.55. The van der Waals surface area contributed by atoms with Gasteiger partial charge in [-0.05, 0) is 6.42 Å². The first kappa shape index (κ1) is 8.59. The maximum atomic E-state index is 10.9. The van der Waals surface area contributed by atoms with Crippen molar-refractivity contribution in [3.8, 4) is 0 Å². The molecule has 1 fully saturated rings. The SMILES string of the molecule is O=C1CCSC(=O)CCCO1. The van der Waals surface area contributed by atoms with Gasteiger partial charge >= 0.3 is 5.97 Å². The largest absolute Gasteiger partial charge is 0.466 e. The summed E-state index contributed by atoms with van der Waals surface area (Å²) in [6, 6.07) is 0. The van der Waals surface area contributed by atoms with Crippen LogP contribution < -0.4 is 0 Å². The molecule has 0 radical (unpaired) electrons. The molecule has 0 saturated carbocycles. The first-order chi connectivity index (χ1) is 5.29. The van der Waals surface area contributed by atoms with Gasteiger partial charge in [0.05, 0.1) is 13.0 Å². The number of carbonyl (C=O) groups is 2. The molecule has 0 amide bonds. The molecule has 11 heavy (non-hydrogen) atoms. The summed E-state index contributed by atoms with van der Waals surface area (Å²) in [5, 5.41) is 0.170. The van der Waals surface area contributed by atoms with Crippen molar-refractivity contribution in [3.63, 3.8) is 0 Å². The number of cyclic esters (lactones) is 1. The number of carbonyl (C=O) groups excluding carboxylic acids is 2. The van der Waals surface area contributed by atoms with Gasteiger partial charge in [-0.25, -0.2) is 0 Å². The van der Waals surface area contributed by atoms with Crippen molar-refractivity contribution in [3.05, 3.63) is 0 Å². The van der Waals surface area contributed by atoms with E-state index in [1.165, 1.54) is 11.8 Å². The summed E-state index contributed by atoms with van der Waals surface area (Å²) in [7, 11) is 0. The van der Waals surface area contributed by atoms with E-state index in [-0.39, 0.29) is 11.1 Å². The van der Waals surface area contributed by atoms with Crippen molar-refractivity contribution < 1.29 is 14.3 Å². The molecule has 0 aromatic carbocycles. The molecule has 0 aromatic rings. The van der Waals surface area contributed by atoms with Gasteiger partial charge in [-0.15, -0.1) is 0 Å². The lowest BCUT2D eigenvalue weighted by Crippen LogP contribution is -2.05. The van der Waals surface area contributed by atoms with E-state index >= 15 is 0 Å². The van der Waals surface area contributed by atoms with Crippen molar-refractivity contribution in [2.45, 2.75) is 19.3 Å². The Morgan fingerprint density at radius 3 is 2.91 bits per heavy atom. The maximum absolute atomic E-state index is 10.9. The first-order valence-corrected chi connectivity index (χ1v) is 4.59. The number of rotatable bonds is 0. The van der Waals surface area contributed by atoms with E-state index in [9.17, 15) is 9.59 Å². The fourth-order valence-electron chi connectivity index (χ4n) is 0.795. The molecular formula is C7H10O3S. The van der Waals surface area contributed by atoms with Crippen LogP contribution in [0.2, 0.25) is 0 Å². The maximum Gasteiger partial charge on any atom is 0.306 e. The molecular weight excluding hydrogens is 164 g/mol. The summed E-state index contributed by atoms with van der Waals surface area (Å²) < 4.78 is 4.81. The van der Waals surface area contributed by atoms with Crippen molar-refractivity contribution in [1.82, 2.24) is 0 Å². The van der Waals surface area contributed by atoms with Crippen molar-refractivity contribution in [2.75, 3.05) is 12.4 Å². The van der Waals surface area contributed by atoms with Gasteiger partial charge in [0.1, 0.15) is 0 Å². The zero-order valence-corrected chi connectivity index (χ0v) is 6.99. The summed E-state index contributed by atoms with van der Waals surface area (Å²) in [4.78, 5) is 21.6. The molecule has 1 heterocycles. The topological polar surface area (TPSA) is 43.4 Å². The normalized spacial score (nSPS) is 21.5. The van der Waals surface area contributed by atoms with Crippen molar-refractivity contribution in [1.29, 1.82) is 0 Å². The van der Waals surface area contributed by atoms with E-state index in [1.807, 2.05) is 0 Å². The van der Waals surface area contributed by atoms with Crippen LogP contribution in [0.4, 0.5) is 0 Å². The molecule has 62 valence electrons. The second-order valence-corrected chi connectivity index (χ2v) is 3.45. The number of hydrogen-bond acceptors (Lipinski definition) is 4. The Hall–Kier alpha value is -0.510. The highest BCUT2D eigenvalue weighted by molar-refractivity contribution is 8.13. The Bertz CT molecular complexity index is 149. The molecule has 0 aromatic heterocycles. The molecule has 1 aliphatic heterocycles. The van der Waals surface area contributed by atoms with Crippen LogP contribution >= 0.6 is 11.8 Å². The molecule has 1 saturated heterocycles. The van der Waals surface area contributed by atoms with E-state index in [4.69, 9.17) is 4.74 Å². The van der Waals surface area contributed by atoms with Crippen LogP contribution in [-0.2, 0) is 14.3 Å². The van der Waals surface area contributed by atoms with Gasteiger partial charge in [0.15, 0.2) is 5.12 Å². The molecule has 1 aliphatic rings. The van der Waals surface area contributed by atoms with Crippen LogP contribution in [-0.4, -0.2) is 23.4 Å². The molecule has 3 nitrogen and oxygen atoms in total. The Morgan fingerprint density at radius 2 is 2.09 bits per heavy atom. The molecule has 1 rings (SSSR count). The van der Waals surface area contributed by atoms with E-state index in [2.05, 4.69) is 0 Å². The highest BCUT2D eigenvalue weighted by atomic mass is 32.2. The third-order valence-corrected chi connectivity index (χ3v) is 2.29. The number of ether oxygens (including phenoxy) is 1. The van der Waals surface area contributed by atoms with Gasteiger partial charge in [-0.2, -0.15) is 0 Å². The average molecular weight is 174 g/mol. The second kappa shape index (κ2) is 4.38. The van der Waals surface area contributed by atoms with Gasteiger partial charge < -0.3 is 4.74 Å². The lowest BCUT2D eigenvalue weighted by molar-refractivity contribution is -0.143. The van der Waals surface area contributed by atoms with E-state index in [0.29, 0.717) is 31.6 Å². The van der Waals surface area contributed by atoms with Crippen LogP contribution in [0, 0.1) is 0 Å². The second-order valence-electron chi connectivity index (χ2n) is 2.29. The lowest BCUT2D eigenvalue weighted by atomic mass is 10.3.